The highest BCUT2D eigenvalue weighted by atomic mass is 19.1. The van der Waals surface area contributed by atoms with Crippen LogP contribution in [-0.4, -0.2) is 39.2 Å². The van der Waals surface area contributed by atoms with Crippen LogP contribution in [0.1, 0.15) is 18.4 Å². The molecule has 0 unspecified atom stereocenters. The monoisotopic (exact) mass is 348 g/mol. The number of anilines is 1. The largest absolute Gasteiger partial charge is 0.341 e. The van der Waals surface area contributed by atoms with E-state index in [-0.39, 0.29) is 24.2 Å². The van der Waals surface area contributed by atoms with E-state index in [2.05, 4.69) is 9.97 Å². The summed E-state index contributed by atoms with van der Waals surface area (Å²) in [6, 6.07) is 5.63. The highest BCUT2D eigenvalue weighted by molar-refractivity contribution is 5.78. The van der Waals surface area contributed by atoms with Crippen LogP contribution in [0.3, 0.4) is 0 Å². The quantitative estimate of drug-likeness (QED) is 0.679. The maximum Gasteiger partial charge on any atom is 0.249 e. The van der Waals surface area contributed by atoms with E-state index < -0.39 is 5.82 Å². The predicted octanol–water partition coefficient (Wildman–Crippen LogP) is 2.39. The van der Waals surface area contributed by atoms with Crippen molar-refractivity contribution in [3.8, 4) is 0 Å². The molecule has 6 nitrogen and oxygen atoms in total. The van der Waals surface area contributed by atoms with Crippen molar-refractivity contribution in [3.63, 3.8) is 0 Å². The summed E-state index contributed by atoms with van der Waals surface area (Å²) < 4.78 is 25.8. The highest BCUT2D eigenvalue weighted by Gasteiger charge is 2.29. The lowest BCUT2D eigenvalue weighted by atomic mass is 9.96. The first-order valence-corrected chi connectivity index (χ1v) is 8.00. The minimum Gasteiger partial charge on any atom is -0.341 e. The number of aromatic nitrogens is 2. The van der Waals surface area contributed by atoms with Gasteiger partial charge >= 0.3 is 0 Å². The number of piperidine rings is 1. The van der Waals surface area contributed by atoms with Crippen LogP contribution in [0.4, 0.5) is 14.7 Å². The van der Waals surface area contributed by atoms with Crippen LogP contribution in [0.5, 0.6) is 0 Å². The lowest BCUT2D eigenvalue weighted by Crippen LogP contribution is -2.41. The van der Waals surface area contributed by atoms with Crippen molar-refractivity contribution in [2.24, 2.45) is 5.92 Å². The minimum atomic E-state index is -0.495. The maximum atomic E-state index is 12.9. The Hall–Kier alpha value is -2.61. The Kier molecular flexibility index (Phi) is 5.18. The third kappa shape index (κ3) is 4.27. The third-order valence-corrected chi connectivity index (χ3v) is 4.23. The maximum absolute atomic E-state index is 12.9. The Morgan fingerprint density at radius 1 is 1.12 bits per heavy atom. The molecule has 0 aliphatic carbocycles. The Balaban J connectivity index is 1.53. The normalized spacial score (nSPS) is 15.2. The first-order chi connectivity index (χ1) is 12.0. The molecule has 1 aliphatic rings. The number of rotatable bonds is 4. The SMILES string of the molecule is O=C(C1CCN(c2ncc(F)cn2)CC1)N(O)Cc1ccc(F)cc1. The van der Waals surface area contributed by atoms with Crippen LogP contribution < -0.4 is 4.90 Å². The second kappa shape index (κ2) is 7.52. The Bertz CT molecular complexity index is 716. The average Bonchev–Trinajstić information content (AvgIpc) is 2.64. The molecule has 0 spiro atoms. The molecule has 1 aromatic heterocycles. The van der Waals surface area contributed by atoms with Crippen molar-refractivity contribution in [1.82, 2.24) is 15.0 Å². The van der Waals surface area contributed by atoms with E-state index in [0.29, 0.717) is 42.5 Å². The first-order valence-electron chi connectivity index (χ1n) is 8.00. The molecule has 0 radical (unpaired) electrons. The molecule has 0 bridgehead atoms. The number of halogens is 2. The summed E-state index contributed by atoms with van der Waals surface area (Å²) in [6.45, 7) is 1.11. The molecule has 1 aromatic carbocycles. The van der Waals surface area contributed by atoms with Gasteiger partial charge < -0.3 is 4.90 Å². The summed E-state index contributed by atoms with van der Waals surface area (Å²) in [6.07, 6.45) is 3.30. The molecule has 132 valence electrons. The number of hydrogen-bond acceptors (Lipinski definition) is 5. The van der Waals surface area contributed by atoms with Crippen molar-refractivity contribution in [2.75, 3.05) is 18.0 Å². The zero-order valence-corrected chi connectivity index (χ0v) is 13.5. The van der Waals surface area contributed by atoms with Gasteiger partial charge in [-0.3, -0.25) is 10.0 Å². The van der Waals surface area contributed by atoms with E-state index in [1.807, 2.05) is 4.90 Å². The van der Waals surface area contributed by atoms with E-state index in [4.69, 9.17) is 0 Å². The molecule has 1 N–H and O–H groups in total. The fourth-order valence-electron chi connectivity index (χ4n) is 2.85. The van der Waals surface area contributed by atoms with Gasteiger partial charge in [0.25, 0.3) is 0 Å². The zero-order chi connectivity index (χ0) is 17.8. The summed E-state index contributed by atoms with van der Waals surface area (Å²) in [5.41, 5.74) is 0.648. The van der Waals surface area contributed by atoms with Gasteiger partial charge in [0.2, 0.25) is 11.9 Å². The second-order valence-corrected chi connectivity index (χ2v) is 5.98. The van der Waals surface area contributed by atoms with Crippen LogP contribution in [-0.2, 0) is 11.3 Å². The van der Waals surface area contributed by atoms with Crippen molar-refractivity contribution < 1.29 is 18.8 Å². The van der Waals surface area contributed by atoms with Crippen molar-refractivity contribution >= 4 is 11.9 Å². The summed E-state index contributed by atoms with van der Waals surface area (Å²) in [4.78, 5) is 22.1. The molecular formula is C17H18F2N4O2. The number of hydrogen-bond donors (Lipinski definition) is 1. The molecule has 0 atom stereocenters. The molecule has 2 heterocycles. The molecule has 1 amide bonds. The smallest absolute Gasteiger partial charge is 0.249 e. The van der Waals surface area contributed by atoms with Crippen LogP contribution in [0, 0.1) is 17.6 Å². The minimum absolute atomic E-state index is 0.0143. The van der Waals surface area contributed by atoms with E-state index in [1.54, 1.807) is 0 Å². The molecule has 1 saturated heterocycles. The van der Waals surface area contributed by atoms with Gasteiger partial charge in [0.15, 0.2) is 5.82 Å². The first kappa shape index (κ1) is 17.2. The second-order valence-electron chi connectivity index (χ2n) is 5.98. The number of carbonyl (C=O) groups excluding carboxylic acids is 1. The topological polar surface area (TPSA) is 69.6 Å². The summed E-state index contributed by atoms with van der Waals surface area (Å²) in [5, 5.41) is 10.7. The molecule has 1 fully saturated rings. The van der Waals surface area contributed by atoms with Gasteiger partial charge in [-0.25, -0.2) is 23.8 Å². The average molecular weight is 348 g/mol. The third-order valence-electron chi connectivity index (χ3n) is 4.23. The van der Waals surface area contributed by atoms with Gasteiger partial charge in [-0.05, 0) is 30.5 Å². The number of amides is 1. The molecular weight excluding hydrogens is 330 g/mol. The Morgan fingerprint density at radius 3 is 2.32 bits per heavy atom. The van der Waals surface area contributed by atoms with Crippen LogP contribution in [0.25, 0.3) is 0 Å². The standard InChI is InChI=1S/C17H18F2N4O2/c18-14-3-1-12(2-4-14)11-23(25)16(24)13-5-7-22(8-6-13)17-20-9-15(19)10-21-17/h1-4,9-10,13,25H,5-8,11H2. The van der Waals surface area contributed by atoms with Crippen LogP contribution in [0.2, 0.25) is 0 Å². The molecule has 3 rings (SSSR count). The summed E-state index contributed by atoms with van der Waals surface area (Å²) >= 11 is 0. The molecule has 8 heteroatoms. The van der Waals surface area contributed by atoms with E-state index in [9.17, 15) is 18.8 Å². The van der Waals surface area contributed by atoms with E-state index in [1.165, 1.54) is 24.3 Å². The van der Waals surface area contributed by atoms with Crippen LogP contribution >= 0.6 is 0 Å². The summed E-state index contributed by atoms with van der Waals surface area (Å²) in [5.74, 6) is -1.09. The lowest BCUT2D eigenvalue weighted by molar-refractivity contribution is -0.173. The molecule has 2 aromatic rings. The van der Waals surface area contributed by atoms with Crippen molar-refractivity contribution in [1.29, 1.82) is 0 Å². The van der Waals surface area contributed by atoms with Gasteiger partial charge in [0.1, 0.15) is 5.82 Å². The van der Waals surface area contributed by atoms with Crippen molar-refractivity contribution in [3.05, 3.63) is 53.9 Å². The Labute approximate surface area is 143 Å². The highest BCUT2D eigenvalue weighted by Crippen LogP contribution is 2.22. The van der Waals surface area contributed by atoms with Gasteiger partial charge in [0.05, 0.1) is 18.9 Å². The van der Waals surface area contributed by atoms with E-state index in [0.717, 1.165) is 12.4 Å². The Morgan fingerprint density at radius 2 is 1.72 bits per heavy atom. The van der Waals surface area contributed by atoms with Gasteiger partial charge in [0, 0.05) is 19.0 Å². The van der Waals surface area contributed by atoms with E-state index >= 15 is 0 Å². The van der Waals surface area contributed by atoms with Crippen LogP contribution in [0.15, 0.2) is 36.7 Å². The van der Waals surface area contributed by atoms with Gasteiger partial charge in [-0.15, -0.1) is 0 Å². The van der Waals surface area contributed by atoms with Crippen molar-refractivity contribution in [2.45, 2.75) is 19.4 Å². The molecule has 0 saturated carbocycles. The van der Waals surface area contributed by atoms with Gasteiger partial charge in [-0.2, -0.15) is 0 Å². The van der Waals surface area contributed by atoms with Gasteiger partial charge in [-0.1, -0.05) is 12.1 Å². The number of hydroxylamine groups is 2. The molecule has 25 heavy (non-hydrogen) atoms. The lowest BCUT2D eigenvalue weighted by Gasteiger charge is -2.32. The predicted molar refractivity (Wildman–Crippen MR) is 85.7 cm³/mol. The number of benzene rings is 1. The molecule has 1 aliphatic heterocycles. The number of carbonyl (C=O) groups is 1. The zero-order valence-electron chi connectivity index (χ0n) is 13.5. The fraction of sp³-hybridized carbons (Fsp3) is 0.353. The number of nitrogens with zero attached hydrogens (tertiary/aromatic N) is 4. The fourth-order valence-corrected chi connectivity index (χ4v) is 2.85. The summed E-state index contributed by atoms with van der Waals surface area (Å²) in [7, 11) is 0.